The minimum absolute atomic E-state index is 0.0220. The lowest BCUT2D eigenvalue weighted by molar-refractivity contribution is 0.242. The average Bonchev–Trinajstić information content (AvgIpc) is 1.53. The van der Waals surface area contributed by atoms with E-state index in [0.29, 0.717) is 11.1 Å². The first-order chi connectivity index (χ1) is 50.2. The Kier molecular flexibility index (Phi) is 21.6. The maximum atomic E-state index is 6.19. The lowest BCUT2D eigenvalue weighted by Crippen LogP contribution is -2.69. The van der Waals surface area contributed by atoms with E-state index in [4.69, 9.17) is 9.47 Å². The van der Waals surface area contributed by atoms with E-state index < -0.39 is 16.1 Å². The van der Waals surface area contributed by atoms with Crippen molar-refractivity contribution in [2.75, 3.05) is 0 Å². The minimum Gasteiger partial charge on any atom is -0.491 e. The molecule has 0 bridgehead atoms. The summed E-state index contributed by atoms with van der Waals surface area (Å²) < 4.78 is 12.1. The molecule has 0 N–H and O–H groups in total. The number of rotatable bonds is 15. The molecule has 0 saturated heterocycles. The van der Waals surface area contributed by atoms with E-state index in [1.54, 1.807) is 0 Å². The van der Waals surface area contributed by atoms with Gasteiger partial charge in [0.05, 0.1) is 12.2 Å². The Morgan fingerprint density at radius 1 is 0.252 bits per heavy atom. The zero-order valence-electron chi connectivity index (χ0n) is 61.3. The van der Waals surface area contributed by atoms with Gasteiger partial charge in [0.15, 0.2) is 16.1 Å². The molecule has 0 saturated carbocycles. The van der Waals surface area contributed by atoms with Gasteiger partial charge in [0.25, 0.3) is 0 Å². The molecule has 1 aliphatic rings. The third kappa shape index (κ3) is 14.5. The highest BCUT2D eigenvalue weighted by molar-refractivity contribution is 7.14. The Morgan fingerprint density at radius 3 is 1.10 bits per heavy atom. The number of ether oxygens (including phenoxy) is 2. The molecule has 16 rings (SSSR count). The van der Waals surface area contributed by atoms with E-state index in [1.807, 2.05) is 12.1 Å². The number of hydrogen-bond donors (Lipinski definition) is 0. The molecular weight excluding hydrogens is 1280 g/mol. The summed E-state index contributed by atoms with van der Waals surface area (Å²) in [7, 11) is -4.45. The number of fused-ring (bicyclic) bond motifs is 6. The molecule has 0 spiro atoms. The second-order valence-electron chi connectivity index (χ2n) is 28.8. The molecule has 0 atom stereocenters. The molecule has 103 heavy (non-hydrogen) atoms. The summed E-state index contributed by atoms with van der Waals surface area (Å²) in [6.45, 7) is 22.5. The highest BCUT2D eigenvalue weighted by Gasteiger charge is 2.45. The Bertz CT molecular complexity index is 5110. The molecule has 15 aromatic rings. The molecule has 15 aromatic carbocycles. The maximum Gasteiger partial charge on any atom is 0.152 e. The fourth-order valence-corrected chi connectivity index (χ4v) is 26.8. The molecule has 2 nitrogen and oxygen atoms in total. The molecule has 1 aliphatic carbocycles. The summed E-state index contributed by atoms with van der Waals surface area (Å²) in [4.78, 5) is 0. The second-order valence-corrected chi connectivity index (χ2v) is 37.8. The van der Waals surface area contributed by atoms with Gasteiger partial charge in [-0.25, -0.2) is 0 Å². The van der Waals surface area contributed by atoms with Gasteiger partial charge in [0.2, 0.25) is 0 Å². The van der Waals surface area contributed by atoms with Crippen molar-refractivity contribution in [1.82, 2.24) is 0 Å². The molecule has 0 aliphatic heterocycles. The highest BCUT2D eigenvalue weighted by atomic mass is 28.3. The summed E-state index contributed by atoms with van der Waals surface area (Å²) in [6, 6.07) is 132. The van der Waals surface area contributed by atoms with Crippen LogP contribution in [0.3, 0.4) is 0 Å². The Balaban J connectivity index is 0.000000123. The Morgan fingerprint density at radius 2 is 0.631 bits per heavy atom. The van der Waals surface area contributed by atoms with Crippen molar-refractivity contribution in [2.24, 2.45) is 0 Å². The number of benzene rings is 15. The topological polar surface area (TPSA) is 18.5 Å². The van der Waals surface area contributed by atoms with Gasteiger partial charge < -0.3 is 9.47 Å². The molecule has 0 unspecified atom stereocenters. The molecule has 510 valence electrons. The molecule has 0 radical (unpaired) electrons. The van der Waals surface area contributed by atoms with Crippen LogP contribution in [0.1, 0.15) is 80.4 Å². The van der Waals surface area contributed by atoms with Crippen molar-refractivity contribution in [3.63, 3.8) is 0 Å². The van der Waals surface area contributed by atoms with Gasteiger partial charge in [-0.15, -0.1) is 0 Å². The monoisotopic (exact) mass is 1370 g/mol. The van der Waals surface area contributed by atoms with Crippen LogP contribution in [0.4, 0.5) is 0 Å². The van der Waals surface area contributed by atoms with Crippen molar-refractivity contribution in [2.45, 2.75) is 97.9 Å². The maximum absolute atomic E-state index is 6.19. The first-order valence-electron chi connectivity index (χ1n) is 36.7. The van der Waals surface area contributed by atoms with Gasteiger partial charge in [-0.2, -0.15) is 0 Å². The summed E-state index contributed by atoms with van der Waals surface area (Å²) >= 11 is 0. The van der Waals surface area contributed by atoms with Crippen LogP contribution in [-0.4, -0.2) is 28.4 Å². The van der Waals surface area contributed by atoms with E-state index in [-0.39, 0.29) is 17.6 Å². The SMILES string of the molecule is CC(C)Oc1c(-c2ccccc2)cccc1-c1ccccc1.CC(C)Oc1ccc2c(c1)C(C)(C)c1cc(-c3ccccc3)ccc1-2.CC(C)[Si](c1ccccc1)(c1cccc2ccccc12)c1cccc2ccccc12.CC(C)[Si](c1ccccc1)(c1ccccc1)c1ccc2ccccc2c1. The standard InChI is InChI=1S/C29H26Si.C25H24Si.C24H24O.C21H20O/c1-22(2)30(25-16-4-3-5-17-25,28-20-10-14-23-12-6-8-18-26(23)28)29-21-11-15-24-13-7-9-19-27(24)29;1-20(2)26(23-13-5-3-6-14-23,24-15-7-4-8-16-24)25-18-17-21-11-9-10-12-22(21)19-25;1-16(2)25-19-11-13-21-20-12-10-18(17-8-6-5-7-9-17)14-22(20)24(3,4)23(21)15-19;1-16(2)22-21-19(17-10-5-3-6-11-17)14-9-15-20(21)18-12-7-4-8-13-18/h3-22H,1-2H3;3-20H,1-2H3;5-16H,1-4H3;3-16H,1-2H3. The Labute approximate surface area is 614 Å². The van der Waals surface area contributed by atoms with Gasteiger partial charge >= 0.3 is 0 Å². The smallest absolute Gasteiger partial charge is 0.152 e. The van der Waals surface area contributed by atoms with Crippen molar-refractivity contribution in [3.8, 4) is 56.0 Å². The average molecular weight is 1370 g/mol. The molecular formula is C99H94O2Si2. The summed E-state index contributed by atoms with van der Waals surface area (Å²) in [6.07, 6.45) is 0.321. The van der Waals surface area contributed by atoms with Crippen LogP contribution in [0, 0.1) is 0 Å². The molecule has 4 heteroatoms. The van der Waals surface area contributed by atoms with Crippen LogP contribution in [0.15, 0.2) is 364 Å². The minimum atomic E-state index is -2.33. The van der Waals surface area contributed by atoms with Gasteiger partial charge in [-0.1, -0.05) is 387 Å². The van der Waals surface area contributed by atoms with E-state index in [9.17, 15) is 0 Å². The second kappa shape index (κ2) is 31.6. The fraction of sp³-hybridized carbons (Fsp3) is 0.152. The van der Waals surface area contributed by atoms with Gasteiger partial charge in [0.1, 0.15) is 11.5 Å². The molecule has 0 fully saturated rings. The van der Waals surface area contributed by atoms with Crippen LogP contribution in [-0.2, 0) is 5.41 Å². The van der Waals surface area contributed by atoms with Crippen molar-refractivity contribution in [1.29, 1.82) is 0 Å². The quantitative estimate of drug-likeness (QED) is 0.0752. The predicted molar refractivity (Wildman–Crippen MR) is 449 cm³/mol. The first-order valence-corrected chi connectivity index (χ1v) is 40.9. The van der Waals surface area contributed by atoms with E-state index in [0.717, 1.165) is 22.6 Å². The summed E-state index contributed by atoms with van der Waals surface area (Å²) in [5.41, 5.74) is 13.6. The zero-order chi connectivity index (χ0) is 71.5. The van der Waals surface area contributed by atoms with Crippen molar-refractivity contribution >= 4 is 79.6 Å². The van der Waals surface area contributed by atoms with Crippen LogP contribution in [0.5, 0.6) is 11.5 Å². The van der Waals surface area contributed by atoms with Crippen LogP contribution >= 0.6 is 0 Å². The third-order valence-electron chi connectivity index (χ3n) is 20.7. The van der Waals surface area contributed by atoms with Gasteiger partial charge in [0, 0.05) is 16.5 Å². The van der Waals surface area contributed by atoms with Crippen LogP contribution < -0.4 is 40.6 Å². The first kappa shape index (κ1) is 70.5. The third-order valence-corrected chi connectivity index (χ3v) is 31.7. The zero-order valence-corrected chi connectivity index (χ0v) is 63.3. The molecule has 0 heterocycles. The lowest BCUT2D eigenvalue weighted by Gasteiger charge is -2.39. The van der Waals surface area contributed by atoms with Gasteiger partial charge in [-0.3, -0.25) is 0 Å². The van der Waals surface area contributed by atoms with E-state index >= 15 is 0 Å². The number of para-hydroxylation sites is 1. The van der Waals surface area contributed by atoms with Crippen molar-refractivity contribution in [3.05, 3.63) is 375 Å². The van der Waals surface area contributed by atoms with E-state index in [1.165, 1.54) is 108 Å². The lowest BCUT2D eigenvalue weighted by atomic mass is 9.81. The normalized spacial score (nSPS) is 12.2. The fourth-order valence-electron chi connectivity index (χ4n) is 16.0. The highest BCUT2D eigenvalue weighted by Crippen LogP contribution is 2.51. The molecule has 0 amide bonds. The van der Waals surface area contributed by atoms with Gasteiger partial charge in [-0.05, 0) is 165 Å². The van der Waals surface area contributed by atoms with E-state index in [2.05, 4.69) is 421 Å². The summed E-state index contributed by atoms with van der Waals surface area (Å²) in [5.74, 6) is 1.91. The van der Waals surface area contributed by atoms with Crippen LogP contribution in [0.25, 0.3) is 76.8 Å². The van der Waals surface area contributed by atoms with Crippen molar-refractivity contribution < 1.29 is 9.47 Å². The number of hydrogen-bond acceptors (Lipinski definition) is 2. The molecule has 0 aromatic heterocycles. The summed E-state index contributed by atoms with van der Waals surface area (Å²) in [5, 5.41) is 17.0. The largest absolute Gasteiger partial charge is 0.491 e. The Hall–Kier alpha value is -10.9. The predicted octanol–water partition coefficient (Wildman–Crippen LogP) is 22.8. The van der Waals surface area contributed by atoms with Crippen LogP contribution in [0.2, 0.25) is 11.1 Å².